The zero-order valence-corrected chi connectivity index (χ0v) is 45.8. The average molecular weight is 974 g/mol. The molecule has 70 heavy (non-hydrogen) atoms. The van der Waals surface area contributed by atoms with Crippen LogP contribution in [0, 0.1) is 0 Å². The van der Waals surface area contributed by atoms with Gasteiger partial charge in [0.2, 0.25) is 0 Å². The van der Waals surface area contributed by atoms with Crippen LogP contribution in [0.25, 0.3) is 0 Å². The van der Waals surface area contributed by atoms with Gasteiger partial charge in [0, 0.05) is 19.3 Å². The number of hydrogen-bond acceptors (Lipinski definition) is 6. The highest BCUT2D eigenvalue weighted by atomic mass is 16.6. The van der Waals surface area contributed by atoms with Gasteiger partial charge in [-0.2, -0.15) is 0 Å². The molecule has 1 unspecified atom stereocenters. The lowest BCUT2D eigenvalue weighted by Gasteiger charge is -2.18. The van der Waals surface area contributed by atoms with Crippen LogP contribution in [-0.4, -0.2) is 37.2 Å². The summed E-state index contributed by atoms with van der Waals surface area (Å²) in [7, 11) is 0. The molecule has 0 heterocycles. The van der Waals surface area contributed by atoms with Crippen LogP contribution >= 0.6 is 0 Å². The second-order valence-electron chi connectivity index (χ2n) is 19.2. The second kappa shape index (κ2) is 57.9. The van der Waals surface area contributed by atoms with Crippen molar-refractivity contribution in [3.63, 3.8) is 0 Å². The Morgan fingerprint density at radius 3 is 0.943 bits per heavy atom. The van der Waals surface area contributed by atoms with E-state index in [1.54, 1.807) is 0 Å². The van der Waals surface area contributed by atoms with Crippen molar-refractivity contribution < 1.29 is 28.6 Å². The summed E-state index contributed by atoms with van der Waals surface area (Å²) in [5.41, 5.74) is 0. The minimum atomic E-state index is -0.789. The summed E-state index contributed by atoms with van der Waals surface area (Å²) in [4.78, 5) is 38.1. The Labute approximate surface area is 432 Å². The van der Waals surface area contributed by atoms with Gasteiger partial charge in [0.25, 0.3) is 0 Å². The maximum Gasteiger partial charge on any atom is 0.306 e. The molecule has 0 aromatic rings. The van der Waals surface area contributed by atoms with Crippen LogP contribution in [0.2, 0.25) is 0 Å². The van der Waals surface area contributed by atoms with Crippen LogP contribution in [-0.2, 0) is 28.6 Å². The van der Waals surface area contributed by atoms with Gasteiger partial charge in [-0.15, -0.1) is 0 Å². The van der Waals surface area contributed by atoms with Crippen molar-refractivity contribution in [3.8, 4) is 0 Å². The maximum atomic E-state index is 12.9. The van der Waals surface area contributed by atoms with Crippen LogP contribution < -0.4 is 0 Å². The standard InChI is InChI=1S/C64H108O6/c1-4-7-10-13-16-19-22-24-26-28-30-31-32-33-35-36-38-40-42-45-48-51-54-57-63(66)69-60-61(59-68-62(65)56-53-50-47-44-21-18-15-12-9-6-3)70-64(67)58-55-52-49-46-43-41-39-37-34-29-27-25-23-20-17-14-11-8-5-2/h7,10,12,15-17,19-20,24-27,30-31,33,35,61H,4-6,8-9,11,13-14,18,21-23,28-29,32,34,36-60H2,1-3H3/b10-7-,15-12-,19-16-,20-17-,26-24-,27-25-,31-30-,35-33-. The van der Waals surface area contributed by atoms with E-state index in [0.29, 0.717) is 19.3 Å². The van der Waals surface area contributed by atoms with E-state index in [4.69, 9.17) is 14.2 Å². The SMILES string of the molecule is CC/C=C\C/C=C\C/C=C\C/C=C\C/C=C\CCCCCCCCCC(=O)OCC(COC(=O)CCCCCCC/C=C\CCC)OC(=O)CCCCCCCCCCC/C=C\C/C=C\CCCCC. The van der Waals surface area contributed by atoms with Gasteiger partial charge in [-0.25, -0.2) is 0 Å². The van der Waals surface area contributed by atoms with Crippen LogP contribution in [0.1, 0.15) is 271 Å². The fourth-order valence-electron chi connectivity index (χ4n) is 7.91. The summed E-state index contributed by atoms with van der Waals surface area (Å²) >= 11 is 0. The van der Waals surface area contributed by atoms with E-state index in [0.717, 1.165) is 122 Å². The Kier molecular flexibility index (Phi) is 54.9. The lowest BCUT2D eigenvalue weighted by atomic mass is 10.1. The van der Waals surface area contributed by atoms with Gasteiger partial charge >= 0.3 is 17.9 Å². The Morgan fingerprint density at radius 1 is 0.300 bits per heavy atom. The van der Waals surface area contributed by atoms with Crippen molar-refractivity contribution >= 4 is 17.9 Å². The van der Waals surface area contributed by atoms with Gasteiger partial charge in [0.05, 0.1) is 0 Å². The fourth-order valence-corrected chi connectivity index (χ4v) is 7.91. The number of carbonyl (C=O) groups excluding carboxylic acids is 3. The smallest absolute Gasteiger partial charge is 0.306 e. The van der Waals surface area contributed by atoms with Gasteiger partial charge in [-0.05, 0) is 116 Å². The highest BCUT2D eigenvalue weighted by Crippen LogP contribution is 2.15. The van der Waals surface area contributed by atoms with E-state index < -0.39 is 6.10 Å². The molecule has 0 aromatic carbocycles. The Bertz CT molecular complexity index is 1400. The van der Waals surface area contributed by atoms with Crippen LogP contribution in [0.5, 0.6) is 0 Å². The second-order valence-corrected chi connectivity index (χ2v) is 19.2. The Balaban J connectivity index is 4.33. The third-order valence-corrected chi connectivity index (χ3v) is 12.3. The minimum Gasteiger partial charge on any atom is -0.462 e. The molecule has 0 aromatic heterocycles. The van der Waals surface area contributed by atoms with Crippen molar-refractivity contribution in [2.45, 2.75) is 277 Å². The fraction of sp³-hybridized carbons (Fsp3) is 0.703. The highest BCUT2D eigenvalue weighted by Gasteiger charge is 2.19. The number of carbonyl (C=O) groups is 3. The molecule has 0 fully saturated rings. The van der Waals surface area contributed by atoms with Crippen LogP contribution in [0.3, 0.4) is 0 Å². The van der Waals surface area contributed by atoms with E-state index in [9.17, 15) is 14.4 Å². The predicted molar refractivity (Wildman–Crippen MR) is 302 cm³/mol. The molecule has 0 saturated carbocycles. The van der Waals surface area contributed by atoms with Gasteiger partial charge in [-0.3, -0.25) is 14.4 Å². The molecule has 0 bridgehead atoms. The zero-order valence-electron chi connectivity index (χ0n) is 45.8. The average Bonchev–Trinajstić information content (AvgIpc) is 3.36. The molecular formula is C64H108O6. The summed E-state index contributed by atoms with van der Waals surface area (Å²) in [6.07, 6.45) is 76.9. The van der Waals surface area contributed by atoms with E-state index in [1.165, 1.54) is 109 Å². The highest BCUT2D eigenvalue weighted by molar-refractivity contribution is 5.71. The van der Waals surface area contributed by atoms with E-state index in [2.05, 4.69) is 118 Å². The normalized spacial score (nSPS) is 12.8. The van der Waals surface area contributed by atoms with E-state index >= 15 is 0 Å². The Hall–Kier alpha value is -3.67. The molecule has 0 aliphatic heterocycles. The molecule has 0 N–H and O–H groups in total. The minimum absolute atomic E-state index is 0.0874. The first-order chi connectivity index (χ1) is 34.5. The first-order valence-corrected chi connectivity index (χ1v) is 29.2. The molecule has 0 aliphatic rings. The molecule has 1 atom stereocenters. The molecule has 0 saturated heterocycles. The molecule has 6 heteroatoms. The van der Waals surface area contributed by atoms with Crippen LogP contribution in [0.15, 0.2) is 97.2 Å². The molecule has 6 nitrogen and oxygen atoms in total. The molecule has 0 spiro atoms. The molecule has 0 radical (unpaired) electrons. The molecule has 400 valence electrons. The quantitative estimate of drug-likeness (QED) is 0.0262. The molecular weight excluding hydrogens is 865 g/mol. The van der Waals surface area contributed by atoms with Crippen molar-refractivity contribution in [1.29, 1.82) is 0 Å². The number of allylic oxidation sites excluding steroid dienone is 16. The van der Waals surface area contributed by atoms with E-state index in [1.807, 2.05) is 0 Å². The monoisotopic (exact) mass is 973 g/mol. The van der Waals surface area contributed by atoms with Gasteiger partial charge in [0.15, 0.2) is 6.10 Å². The molecule has 0 rings (SSSR count). The maximum absolute atomic E-state index is 12.9. The largest absolute Gasteiger partial charge is 0.462 e. The summed E-state index contributed by atoms with van der Waals surface area (Å²) in [6.45, 7) is 6.43. The summed E-state index contributed by atoms with van der Waals surface area (Å²) in [6, 6.07) is 0. The number of rotatable bonds is 52. The number of ether oxygens (including phenoxy) is 3. The van der Waals surface area contributed by atoms with Crippen molar-refractivity contribution in [2.24, 2.45) is 0 Å². The lowest BCUT2D eigenvalue weighted by Crippen LogP contribution is -2.30. The van der Waals surface area contributed by atoms with Gasteiger partial charge < -0.3 is 14.2 Å². The van der Waals surface area contributed by atoms with Gasteiger partial charge in [0.1, 0.15) is 13.2 Å². The summed E-state index contributed by atoms with van der Waals surface area (Å²) < 4.78 is 16.8. The lowest BCUT2D eigenvalue weighted by molar-refractivity contribution is -0.167. The van der Waals surface area contributed by atoms with Gasteiger partial charge in [-0.1, -0.05) is 234 Å². The first kappa shape index (κ1) is 66.3. The topological polar surface area (TPSA) is 78.9 Å². The third-order valence-electron chi connectivity index (χ3n) is 12.3. The number of hydrogen-bond donors (Lipinski definition) is 0. The third kappa shape index (κ3) is 55.3. The van der Waals surface area contributed by atoms with E-state index in [-0.39, 0.29) is 31.1 Å². The number of unbranched alkanes of at least 4 members (excludes halogenated alkanes) is 25. The zero-order chi connectivity index (χ0) is 50.7. The predicted octanol–water partition coefficient (Wildman–Crippen LogP) is 19.7. The summed E-state index contributed by atoms with van der Waals surface area (Å²) in [5, 5.41) is 0. The Morgan fingerprint density at radius 2 is 0.586 bits per heavy atom. The van der Waals surface area contributed by atoms with Crippen molar-refractivity contribution in [3.05, 3.63) is 97.2 Å². The first-order valence-electron chi connectivity index (χ1n) is 29.2. The summed E-state index contributed by atoms with van der Waals surface area (Å²) in [5.74, 6) is -0.910. The van der Waals surface area contributed by atoms with Crippen LogP contribution in [0.4, 0.5) is 0 Å². The van der Waals surface area contributed by atoms with Crippen molar-refractivity contribution in [1.82, 2.24) is 0 Å². The van der Waals surface area contributed by atoms with Crippen molar-refractivity contribution in [2.75, 3.05) is 13.2 Å². The number of esters is 3. The molecule has 0 amide bonds. The molecule has 0 aliphatic carbocycles.